The van der Waals surface area contributed by atoms with Crippen LogP contribution in [0.1, 0.15) is 26.0 Å². The summed E-state index contributed by atoms with van der Waals surface area (Å²) in [6, 6.07) is 0. The van der Waals surface area contributed by atoms with Crippen molar-refractivity contribution < 1.29 is 0 Å². The molecule has 1 aromatic heterocycles. The maximum Gasteiger partial charge on any atom is 0.150 e. The van der Waals surface area contributed by atoms with Gasteiger partial charge >= 0.3 is 0 Å². The highest BCUT2D eigenvalue weighted by Gasteiger charge is 2.24. The Balaban J connectivity index is 2.33. The van der Waals surface area contributed by atoms with Crippen molar-refractivity contribution in [1.82, 2.24) is 9.78 Å². The fraction of sp³-hybridized carbons (Fsp3) is 0.727. The Morgan fingerprint density at radius 3 is 2.80 bits per heavy atom. The highest BCUT2D eigenvalue weighted by molar-refractivity contribution is 5.66. The minimum absolute atomic E-state index is 0.768. The Labute approximate surface area is 91.1 Å². The average molecular weight is 208 g/mol. The summed E-state index contributed by atoms with van der Waals surface area (Å²) in [6.45, 7) is 9.47. The number of anilines is 2. The monoisotopic (exact) mass is 208 g/mol. The van der Waals surface area contributed by atoms with Gasteiger partial charge < -0.3 is 10.6 Å². The third-order valence-corrected chi connectivity index (χ3v) is 3.17. The lowest BCUT2D eigenvalue weighted by atomic mass is 10.2. The van der Waals surface area contributed by atoms with Crippen LogP contribution in [0.4, 0.5) is 11.5 Å². The topological polar surface area (TPSA) is 47.1 Å². The second-order valence-corrected chi connectivity index (χ2v) is 4.48. The number of nitrogen functional groups attached to an aromatic ring is 1. The quantitative estimate of drug-likeness (QED) is 0.803. The van der Waals surface area contributed by atoms with E-state index in [1.54, 1.807) is 0 Å². The molecular formula is C11H20N4. The van der Waals surface area contributed by atoms with Crippen LogP contribution in [-0.4, -0.2) is 22.9 Å². The van der Waals surface area contributed by atoms with Gasteiger partial charge in [-0.3, -0.25) is 0 Å². The Morgan fingerprint density at radius 1 is 1.53 bits per heavy atom. The highest BCUT2D eigenvalue weighted by Crippen LogP contribution is 2.30. The van der Waals surface area contributed by atoms with Gasteiger partial charge in [0.05, 0.1) is 11.4 Å². The van der Waals surface area contributed by atoms with E-state index in [-0.39, 0.29) is 0 Å². The number of hydrogen-bond donors (Lipinski definition) is 1. The maximum absolute atomic E-state index is 6.08. The van der Waals surface area contributed by atoms with E-state index in [4.69, 9.17) is 5.73 Å². The molecule has 1 aliphatic heterocycles. The lowest BCUT2D eigenvalue weighted by Gasteiger charge is -2.19. The van der Waals surface area contributed by atoms with Gasteiger partial charge in [0.25, 0.3) is 0 Å². The van der Waals surface area contributed by atoms with Crippen LogP contribution in [0.3, 0.4) is 0 Å². The number of hydrogen-bond acceptors (Lipinski definition) is 3. The lowest BCUT2D eigenvalue weighted by Crippen LogP contribution is -2.23. The molecule has 2 heterocycles. The summed E-state index contributed by atoms with van der Waals surface area (Å²) in [5.41, 5.74) is 7.88. The summed E-state index contributed by atoms with van der Waals surface area (Å²) in [7, 11) is 0. The summed E-state index contributed by atoms with van der Waals surface area (Å²) in [6.07, 6.45) is 1.26. The second kappa shape index (κ2) is 3.76. The summed E-state index contributed by atoms with van der Waals surface area (Å²) in [5, 5.41) is 4.45. The van der Waals surface area contributed by atoms with Gasteiger partial charge in [0.2, 0.25) is 0 Å². The van der Waals surface area contributed by atoms with Gasteiger partial charge in [0.15, 0.2) is 5.82 Å². The summed E-state index contributed by atoms with van der Waals surface area (Å²) in [5.74, 6) is 1.89. The molecule has 4 nitrogen and oxygen atoms in total. The first kappa shape index (κ1) is 10.3. The van der Waals surface area contributed by atoms with Crippen molar-refractivity contribution in [1.29, 1.82) is 0 Å². The van der Waals surface area contributed by atoms with Crippen LogP contribution < -0.4 is 10.6 Å². The Kier molecular flexibility index (Phi) is 2.59. The first-order chi connectivity index (χ1) is 7.13. The third kappa shape index (κ3) is 1.68. The summed E-state index contributed by atoms with van der Waals surface area (Å²) >= 11 is 0. The van der Waals surface area contributed by atoms with E-state index in [1.807, 2.05) is 11.6 Å². The van der Waals surface area contributed by atoms with Crippen LogP contribution in [0, 0.1) is 12.8 Å². The van der Waals surface area contributed by atoms with E-state index in [0.29, 0.717) is 0 Å². The molecule has 4 heteroatoms. The standard InChI is InChI=1S/C11H20N4/c1-4-15-11(10(12)9(3)13-15)14-6-5-8(2)7-14/h8H,4-7,12H2,1-3H3. The number of nitrogens with two attached hydrogens (primary N) is 1. The van der Waals surface area contributed by atoms with Crippen LogP contribution in [-0.2, 0) is 6.54 Å². The Bertz CT molecular complexity index is 356. The molecule has 2 rings (SSSR count). The minimum atomic E-state index is 0.768. The number of aryl methyl sites for hydroxylation is 2. The molecule has 1 atom stereocenters. The average Bonchev–Trinajstić information content (AvgIpc) is 2.73. The van der Waals surface area contributed by atoms with Crippen LogP contribution in [0.2, 0.25) is 0 Å². The maximum atomic E-state index is 6.08. The number of aromatic nitrogens is 2. The zero-order valence-corrected chi connectivity index (χ0v) is 9.82. The molecule has 1 aliphatic rings. The second-order valence-electron chi connectivity index (χ2n) is 4.48. The van der Waals surface area contributed by atoms with Crippen LogP contribution in [0.25, 0.3) is 0 Å². The van der Waals surface area contributed by atoms with E-state index in [2.05, 4.69) is 23.8 Å². The molecular weight excluding hydrogens is 188 g/mol. The van der Waals surface area contributed by atoms with Crippen molar-refractivity contribution in [2.24, 2.45) is 5.92 Å². The van der Waals surface area contributed by atoms with E-state index in [9.17, 15) is 0 Å². The van der Waals surface area contributed by atoms with Crippen LogP contribution in [0.15, 0.2) is 0 Å². The molecule has 84 valence electrons. The van der Waals surface area contributed by atoms with Gasteiger partial charge in [-0.1, -0.05) is 6.92 Å². The molecule has 0 spiro atoms. The molecule has 0 aliphatic carbocycles. The van der Waals surface area contributed by atoms with Crippen LogP contribution in [0.5, 0.6) is 0 Å². The Hall–Kier alpha value is -1.19. The van der Waals surface area contributed by atoms with Crippen molar-refractivity contribution >= 4 is 11.5 Å². The van der Waals surface area contributed by atoms with Gasteiger partial charge in [0, 0.05) is 19.6 Å². The molecule has 0 radical (unpaired) electrons. The Morgan fingerprint density at radius 2 is 2.27 bits per heavy atom. The van der Waals surface area contributed by atoms with Crippen molar-refractivity contribution in [3.63, 3.8) is 0 Å². The predicted molar refractivity (Wildman–Crippen MR) is 63.0 cm³/mol. The molecule has 1 aromatic rings. The smallest absolute Gasteiger partial charge is 0.150 e. The molecule has 0 bridgehead atoms. The SMILES string of the molecule is CCn1nc(C)c(N)c1N1CCC(C)C1. The molecule has 0 saturated carbocycles. The van der Waals surface area contributed by atoms with Gasteiger partial charge in [-0.15, -0.1) is 0 Å². The first-order valence-corrected chi connectivity index (χ1v) is 5.71. The van der Waals surface area contributed by atoms with E-state index in [1.165, 1.54) is 6.42 Å². The minimum Gasteiger partial charge on any atom is -0.394 e. The van der Waals surface area contributed by atoms with Crippen LogP contribution >= 0.6 is 0 Å². The van der Waals surface area contributed by atoms with Gasteiger partial charge in [-0.05, 0) is 26.2 Å². The zero-order chi connectivity index (χ0) is 11.0. The molecule has 0 aromatic carbocycles. The van der Waals surface area contributed by atoms with Crippen molar-refractivity contribution in [3.8, 4) is 0 Å². The highest BCUT2D eigenvalue weighted by atomic mass is 15.4. The largest absolute Gasteiger partial charge is 0.394 e. The third-order valence-electron chi connectivity index (χ3n) is 3.17. The number of rotatable bonds is 2. The first-order valence-electron chi connectivity index (χ1n) is 5.71. The van der Waals surface area contributed by atoms with E-state index >= 15 is 0 Å². The summed E-state index contributed by atoms with van der Waals surface area (Å²) in [4.78, 5) is 2.36. The molecule has 2 N–H and O–H groups in total. The predicted octanol–water partition coefficient (Wildman–Crippen LogP) is 1.64. The molecule has 0 amide bonds. The van der Waals surface area contributed by atoms with Crippen molar-refractivity contribution in [2.75, 3.05) is 23.7 Å². The van der Waals surface area contributed by atoms with Gasteiger partial charge in [-0.2, -0.15) is 5.10 Å². The summed E-state index contributed by atoms with van der Waals surface area (Å²) < 4.78 is 2.02. The van der Waals surface area contributed by atoms with Gasteiger partial charge in [-0.25, -0.2) is 4.68 Å². The molecule has 1 unspecified atom stereocenters. The lowest BCUT2D eigenvalue weighted by molar-refractivity contribution is 0.632. The fourth-order valence-corrected chi connectivity index (χ4v) is 2.26. The van der Waals surface area contributed by atoms with E-state index < -0.39 is 0 Å². The van der Waals surface area contributed by atoms with Crippen molar-refractivity contribution in [2.45, 2.75) is 33.7 Å². The van der Waals surface area contributed by atoms with Crippen molar-refractivity contribution in [3.05, 3.63) is 5.69 Å². The normalized spacial score (nSPS) is 21.3. The van der Waals surface area contributed by atoms with E-state index in [0.717, 1.165) is 42.8 Å². The molecule has 15 heavy (non-hydrogen) atoms. The molecule has 1 fully saturated rings. The molecule has 1 saturated heterocycles. The number of nitrogens with zero attached hydrogens (tertiary/aromatic N) is 3. The van der Waals surface area contributed by atoms with Gasteiger partial charge in [0.1, 0.15) is 0 Å². The zero-order valence-electron chi connectivity index (χ0n) is 9.82. The fourth-order valence-electron chi connectivity index (χ4n) is 2.26.